The molecular formula is C21H18N2S. The molecule has 118 valence electrons. The Kier molecular flexibility index (Phi) is 4.34. The maximum atomic E-state index is 4.63. The molecular weight excluding hydrogens is 312 g/mol. The standard InChI is InChI=1S/C21H18N2S/c1-2-5-17(6-3-1)8-9-18-10-12-19(13-11-18)20-7-4-14-23-15-16-24-22-21(20)23/h1-14H,15-16H2/b9-8+. The second-order valence-electron chi connectivity index (χ2n) is 5.73. The first-order valence-electron chi connectivity index (χ1n) is 8.09. The molecule has 0 aliphatic carbocycles. The third-order valence-corrected chi connectivity index (χ3v) is 4.77. The minimum Gasteiger partial charge on any atom is -0.331 e. The van der Waals surface area contributed by atoms with E-state index >= 15 is 0 Å². The lowest BCUT2D eigenvalue weighted by atomic mass is 10.00. The molecule has 0 aromatic heterocycles. The molecule has 0 spiro atoms. The first-order chi connectivity index (χ1) is 11.9. The molecule has 0 bridgehead atoms. The van der Waals surface area contributed by atoms with Crippen molar-refractivity contribution in [2.24, 2.45) is 4.40 Å². The Labute approximate surface area is 147 Å². The van der Waals surface area contributed by atoms with Crippen molar-refractivity contribution in [2.45, 2.75) is 0 Å². The fraction of sp³-hybridized carbons (Fsp3) is 0.0952. The molecule has 2 aliphatic rings. The van der Waals surface area contributed by atoms with Gasteiger partial charge in [-0.2, -0.15) is 4.40 Å². The van der Waals surface area contributed by atoms with Gasteiger partial charge in [0.05, 0.1) is 0 Å². The van der Waals surface area contributed by atoms with E-state index in [-0.39, 0.29) is 0 Å². The summed E-state index contributed by atoms with van der Waals surface area (Å²) >= 11 is 1.65. The predicted octanol–water partition coefficient (Wildman–Crippen LogP) is 5.13. The van der Waals surface area contributed by atoms with Crippen LogP contribution in [0.15, 0.2) is 77.3 Å². The van der Waals surface area contributed by atoms with Gasteiger partial charge in [-0.05, 0) is 40.8 Å². The summed E-state index contributed by atoms with van der Waals surface area (Å²) in [6, 6.07) is 19.0. The molecule has 2 aromatic carbocycles. The monoisotopic (exact) mass is 330 g/mol. The predicted molar refractivity (Wildman–Crippen MR) is 106 cm³/mol. The van der Waals surface area contributed by atoms with Crippen LogP contribution in [0, 0.1) is 0 Å². The lowest BCUT2D eigenvalue weighted by Crippen LogP contribution is -2.32. The number of amidine groups is 1. The van der Waals surface area contributed by atoms with Crippen molar-refractivity contribution in [3.63, 3.8) is 0 Å². The van der Waals surface area contributed by atoms with Crippen molar-refractivity contribution in [3.8, 4) is 0 Å². The van der Waals surface area contributed by atoms with E-state index in [1.807, 2.05) is 6.07 Å². The van der Waals surface area contributed by atoms with Crippen LogP contribution in [0.4, 0.5) is 0 Å². The highest BCUT2D eigenvalue weighted by molar-refractivity contribution is 7.98. The Morgan fingerprint density at radius 3 is 2.46 bits per heavy atom. The zero-order valence-corrected chi connectivity index (χ0v) is 14.1. The van der Waals surface area contributed by atoms with Crippen molar-refractivity contribution in [1.82, 2.24) is 4.90 Å². The van der Waals surface area contributed by atoms with Gasteiger partial charge in [-0.3, -0.25) is 0 Å². The summed E-state index contributed by atoms with van der Waals surface area (Å²) in [6.45, 7) is 1.02. The topological polar surface area (TPSA) is 15.6 Å². The lowest BCUT2D eigenvalue weighted by Gasteiger charge is -2.29. The second-order valence-corrected chi connectivity index (χ2v) is 6.58. The lowest BCUT2D eigenvalue weighted by molar-refractivity contribution is 0.594. The van der Waals surface area contributed by atoms with Gasteiger partial charge >= 0.3 is 0 Å². The summed E-state index contributed by atoms with van der Waals surface area (Å²) in [5, 5.41) is 0. The summed E-state index contributed by atoms with van der Waals surface area (Å²) in [4.78, 5) is 2.23. The van der Waals surface area contributed by atoms with Crippen molar-refractivity contribution in [3.05, 3.63) is 89.6 Å². The van der Waals surface area contributed by atoms with Gasteiger partial charge in [0.1, 0.15) is 5.84 Å². The summed E-state index contributed by atoms with van der Waals surface area (Å²) in [7, 11) is 0. The first-order valence-corrected chi connectivity index (χ1v) is 9.03. The molecule has 2 heterocycles. The van der Waals surface area contributed by atoms with E-state index in [4.69, 9.17) is 0 Å². The van der Waals surface area contributed by atoms with Crippen LogP contribution in [0.5, 0.6) is 0 Å². The summed E-state index contributed by atoms with van der Waals surface area (Å²) in [5.41, 5.74) is 4.82. The molecule has 0 atom stereocenters. The van der Waals surface area contributed by atoms with Crippen molar-refractivity contribution >= 4 is 35.5 Å². The van der Waals surface area contributed by atoms with Crippen LogP contribution in [-0.2, 0) is 0 Å². The van der Waals surface area contributed by atoms with Crippen LogP contribution in [0.25, 0.3) is 17.7 Å². The maximum Gasteiger partial charge on any atom is 0.148 e. The van der Waals surface area contributed by atoms with Crippen molar-refractivity contribution < 1.29 is 0 Å². The first kappa shape index (κ1) is 15.0. The third-order valence-electron chi connectivity index (χ3n) is 4.11. The van der Waals surface area contributed by atoms with Gasteiger partial charge in [-0.1, -0.05) is 66.7 Å². The van der Waals surface area contributed by atoms with Crippen LogP contribution in [0.3, 0.4) is 0 Å². The average molecular weight is 330 g/mol. The Balaban J connectivity index is 1.56. The zero-order valence-electron chi connectivity index (χ0n) is 13.3. The minimum absolute atomic E-state index is 1.02. The molecule has 2 aromatic rings. The fourth-order valence-corrected chi connectivity index (χ4v) is 3.52. The molecule has 0 N–H and O–H groups in total. The van der Waals surface area contributed by atoms with E-state index in [1.54, 1.807) is 11.9 Å². The Morgan fingerprint density at radius 1 is 0.917 bits per heavy atom. The fourth-order valence-electron chi connectivity index (χ4n) is 2.83. The molecule has 4 rings (SSSR count). The van der Waals surface area contributed by atoms with Gasteiger partial charge in [0.15, 0.2) is 0 Å². The van der Waals surface area contributed by atoms with Gasteiger partial charge in [-0.25, -0.2) is 0 Å². The molecule has 2 aliphatic heterocycles. The molecule has 0 radical (unpaired) electrons. The quantitative estimate of drug-likeness (QED) is 0.573. The number of benzene rings is 2. The van der Waals surface area contributed by atoms with Gasteiger partial charge in [0, 0.05) is 24.1 Å². The summed E-state index contributed by atoms with van der Waals surface area (Å²) in [5.74, 6) is 2.12. The smallest absolute Gasteiger partial charge is 0.148 e. The van der Waals surface area contributed by atoms with Crippen molar-refractivity contribution in [1.29, 1.82) is 0 Å². The second kappa shape index (κ2) is 6.93. The molecule has 0 unspecified atom stereocenters. The zero-order chi connectivity index (χ0) is 16.2. The SMILES string of the molecule is C1=CN2CCSN=C2C(c2ccc(/C=C/c3ccccc3)cc2)=C1. The van der Waals surface area contributed by atoms with E-state index in [0.29, 0.717) is 0 Å². The maximum absolute atomic E-state index is 4.63. The summed E-state index contributed by atoms with van der Waals surface area (Å²) in [6.07, 6.45) is 10.7. The van der Waals surface area contributed by atoms with E-state index < -0.39 is 0 Å². The molecule has 2 nitrogen and oxygen atoms in total. The van der Waals surface area contributed by atoms with Crippen LogP contribution < -0.4 is 0 Å². The average Bonchev–Trinajstić information content (AvgIpc) is 2.67. The van der Waals surface area contributed by atoms with Gasteiger partial charge in [-0.15, -0.1) is 0 Å². The van der Waals surface area contributed by atoms with Gasteiger partial charge < -0.3 is 4.90 Å². The highest BCUT2D eigenvalue weighted by atomic mass is 32.2. The van der Waals surface area contributed by atoms with E-state index in [2.05, 4.69) is 88.3 Å². The van der Waals surface area contributed by atoms with Gasteiger partial charge in [0.25, 0.3) is 0 Å². The molecule has 0 saturated carbocycles. The normalized spacial score (nSPS) is 16.8. The van der Waals surface area contributed by atoms with Crippen LogP contribution >= 0.6 is 11.9 Å². The summed E-state index contributed by atoms with van der Waals surface area (Å²) < 4.78 is 4.63. The Morgan fingerprint density at radius 2 is 1.67 bits per heavy atom. The number of nitrogens with zero attached hydrogens (tertiary/aromatic N) is 2. The highest BCUT2D eigenvalue weighted by Crippen LogP contribution is 2.27. The Bertz CT molecular complexity index is 830. The minimum atomic E-state index is 1.02. The molecule has 0 amide bonds. The number of hydrogen-bond acceptors (Lipinski definition) is 3. The number of allylic oxidation sites excluding steroid dienone is 2. The molecule has 3 heteroatoms. The van der Waals surface area contributed by atoms with Crippen LogP contribution in [-0.4, -0.2) is 23.0 Å². The molecule has 0 fully saturated rings. The van der Waals surface area contributed by atoms with Gasteiger partial charge in [0.2, 0.25) is 0 Å². The van der Waals surface area contributed by atoms with E-state index in [1.165, 1.54) is 22.3 Å². The number of hydrogen-bond donors (Lipinski definition) is 0. The van der Waals surface area contributed by atoms with E-state index in [0.717, 1.165) is 18.1 Å². The molecule has 24 heavy (non-hydrogen) atoms. The largest absolute Gasteiger partial charge is 0.331 e. The molecule has 0 saturated heterocycles. The highest BCUT2D eigenvalue weighted by Gasteiger charge is 2.20. The Hall–Kier alpha value is -2.52. The number of fused-ring (bicyclic) bond motifs is 1. The van der Waals surface area contributed by atoms with Crippen LogP contribution in [0.1, 0.15) is 16.7 Å². The van der Waals surface area contributed by atoms with Crippen LogP contribution in [0.2, 0.25) is 0 Å². The number of rotatable bonds is 3. The van der Waals surface area contributed by atoms with E-state index in [9.17, 15) is 0 Å². The third kappa shape index (κ3) is 3.22. The van der Waals surface area contributed by atoms with Crippen molar-refractivity contribution in [2.75, 3.05) is 12.3 Å².